The topological polar surface area (TPSA) is 80.2 Å². The van der Waals surface area contributed by atoms with Crippen molar-refractivity contribution in [2.45, 2.75) is 19.5 Å². The van der Waals surface area contributed by atoms with Crippen molar-refractivity contribution in [3.05, 3.63) is 63.0 Å². The van der Waals surface area contributed by atoms with Crippen molar-refractivity contribution in [1.29, 1.82) is 5.26 Å². The van der Waals surface area contributed by atoms with E-state index in [2.05, 4.69) is 6.07 Å². The molecule has 0 amide bonds. The van der Waals surface area contributed by atoms with Gasteiger partial charge in [-0.05, 0) is 42.8 Å². The molecule has 0 aliphatic rings. The molecule has 134 valence electrons. The van der Waals surface area contributed by atoms with Crippen LogP contribution in [0, 0.1) is 11.3 Å². The lowest BCUT2D eigenvalue weighted by Gasteiger charge is -2.09. The first kappa shape index (κ1) is 18.1. The molecule has 0 saturated carbocycles. The highest BCUT2D eigenvalue weighted by molar-refractivity contribution is 6.32. The molecule has 3 rings (SSSR count). The third-order valence-corrected chi connectivity index (χ3v) is 4.65. The van der Waals surface area contributed by atoms with Crippen LogP contribution in [0.2, 0.25) is 5.02 Å². The average Bonchev–Trinajstić information content (AvgIpc) is 2.92. The van der Waals surface area contributed by atoms with Gasteiger partial charge in [0.05, 0.1) is 54.0 Å². The van der Waals surface area contributed by atoms with E-state index in [4.69, 9.17) is 16.3 Å². The fraction of sp³-hybridized carbons (Fsp3) is 0.263. The highest BCUT2D eigenvalue weighted by Crippen LogP contribution is 2.26. The van der Waals surface area contributed by atoms with Crippen molar-refractivity contribution in [3.63, 3.8) is 0 Å². The van der Waals surface area contributed by atoms with Crippen molar-refractivity contribution in [3.8, 4) is 11.8 Å². The number of halogens is 1. The van der Waals surface area contributed by atoms with E-state index in [1.807, 2.05) is 6.07 Å². The second kappa shape index (κ2) is 7.24. The molecule has 1 N–H and O–H groups in total. The van der Waals surface area contributed by atoms with Crippen LogP contribution in [0.3, 0.4) is 0 Å². The fourth-order valence-corrected chi connectivity index (χ4v) is 3.28. The van der Waals surface area contributed by atoms with E-state index >= 15 is 0 Å². The molecule has 0 bridgehead atoms. The first-order chi connectivity index (χ1) is 12.5. The van der Waals surface area contributed by atoms with Crippen molar-refractivity contribution in [1.82, 2.24) is 9.13 Å². The summed E-state index contributed by atoms with van der Waals surface area (Å²) in [6, 6.07) is 12.1. The minimum absolute atomic E-state index is 0.159. The summed E-state index contributed by atoms with van der Waals surface area (Å²) < 4.78 is 8.28. The Labute approximate surface area is 155 Å². The van der Waals surface area contributed by atoms with Crippen molar-refractivity contribution in [2.24, 2.45) is 0 Å². The maximum atomic E-state index is 13.0. The lowest BCUT2D eigenvalue weighted by atomic mass is 10.2. The molecule has 1 aromatic heterocycles. The summed E-state index contributed by atoms with van der Waals surface area (Å²) >= 11 is 6.19. The molecule has 0 saturated heterocycles. The van der Waals surface area contributed by atoms with Crippen LogP contribution in [0.5, 0.6) is 5.75 Å². The molecule has 0 spiro atoms. The van der Waals surface area contributed by atoms with Gasteiger partial charge in [-0.15, -0.1) is 0 Å². The number of benzene rings is 2. The molecule has 1 atom stereocenters. The number of ether oxygens (including phenoxy) is 1. The van der Waals surface area contributed by atoms with E-state index in [0.717, 1.165) is 5.56 Å². The third kappa shape index (κ3) is 3.07. The van der Waals surface area contributed by atoms with E-state index < -0.39 is 0 Å². The number of aromatic nitrogens is 2. The summed E-state index contributed by atoms with van der Waals surface area (Å²) in [6.45, 7) is 1.90. The van der Waals surface area contributed by atoms with E-state index in [0.29, 0.717) is 33.9 Å². The molecule has 0 aliphatic heterocycles. The quantitative estimate of drug-likeness (QED) is 0.747. The zero-order valence-corrected chi connectivity index (χ0v) is 15.2. The fourth-order valence-electron chi connectivity index (χ4n) is 3.00. The number of hydrogen-bond donors (Lipinski definition) is 1. The SMILES string of the molecule is COc1ccc(Cn2c(=O)n([C@@H](C)CO)c3ccc(C#N)cc32)cc1Cl. The first-order valence-corrected chi connectivity index (χ1v) is 8.46. The Bertz CT molecular complexity index is 1060. The van der Waals surface area contributed by atoms with Gasteiger partial charge >= 0.3 is 5.69 Å². The van der Waals surface area contributed by atoms with E-state index in [1.54, 1.807) is 53.5 Å². The lowest BCUT2D eigenvalue weighted by molar-refractivity contribution is 0.238. The van der Waals surface area contributed by atoms with Crippen molar-refractivity contribution >= 4 is 22.6 Å². The van der Waals surface area contributed by atoms with Gasteiger partial charge < -0.3 is 9.84 Å². The molecule has 3 aromatic rings. The Morgan fingerprint density at radius 3 is 2.65 bits per heavy atom. The maximum absolute atomic E-state index is 13.0. The van der Waals surface area contributed by atoms with E-state index in [1.165, 1.54) is 0 Å². The molecule has 2 aromatic carbocycles. The number of fused-ring (bicyclic) bond motifs is 1. The van der Waals surface area contributed by atoms with Crippen molar-refractivity contribution in [2.75, 3.05) is 13.7 Å². The van der Waals surface area contributed by atoms with Crippen LogP contribution in [0.1, 0.15) is 24.1 Å². The monoisotopic (exact) mass is 371 g/mol. The van der Waals surface area contributed by atoms with Gasteiger partial charge in [-0.3, -0.25) is 9.13 Å². The number of aliphatic hydroxyl groups is 1. The predicted molar refractivity (Wildman–Crippen MR) is 99.8 cm³/mol. The van der Waals surface area contributed by atoms with Gasteiger partial charge in [-0.25, -0.2) is 4.79 Å². The Morgan fingerprint density at radius 2 is 2.04 bits per heavy atom. The van der Waals surface area contributed by atoms with Crippen LogP contribution in [-0.4, -0.2) is 28.0 Å². The largest absolute Gasteiger partial charge is 0.495 e. The number of nitriles is 1. The molecule has 0 unspecified atom stereocenters. The molecule has 0 aliphatic carbocycles. The first-order valence-electron chi connectivity index (χ1n) is 8.08. The van der Waals surface area contributed by atoms with Crippen molar-refractivity contribution < 1.29 is 9.84 Å². The van der Waals surface area contributed by atoms with Gasteiger partial charge in [0.25, 0.3) is 0 Å². The van der Waals surface area contributed by atoms with Gasteiger partial charge in [0.15, 0.2) is 0 Å². The standard InChI is InChI=1S/C19H18ClN3O3/c1-12(11-24)23-16-5-3-13(9-21)8-17(16)22(19(23)25)10-14-4-6-18(26-2)15(20)7-14/h3-8,12,24H,10-11H2,1-2H3/t12-/m0/s1. The van der Waals surface area contributed by atoms with Gasteiger partial charge in [-0.1, -0.05) is 17.7 Å². The number of nitrogens with zero attached hydrogens (tertiary/aromatic N) is 3. The minimum Gasteiger partial charge on any atom is -0.495 e. The zero-order chi connectivity index (χ0) is 18.8. The zero-order valence-electron chi connectivity index (χ0n) is 14.4. The highest BCUT2D eigenvalue weighted by atomic mass is 35.5. The van der Waals surface area contributed by atoms with E-state index in [-0.39, 0.29) is 18.3 Å². The van der Waals surface area contributed by atoms with Crippen LogP contribution in [-0.2, 0) is 6.54 Å². The molecule has 1 heterocycles. The molecule has 7 heteroatoms. The second-order valence-electron chi connectivity index (χ2n) is 6.05. The summed E-state index contributed by atoms with van der Waals surface area (Å²) in [6.07, 6.45) is 0. The van der Waals surface area contributed by atoms with Gasteiger partial charge in [0.1, 0.15) is 5.75 Å². The van der Waals surface area contributed by atoms with Crippen LogP contribution < -0.4 is 10.4 Å². The van der Waals surface area contributed by atoms with E-state index in [9.17, 15) is 15.2 Å². The Kier molecular flexibility index (Phi) is 5.03. The molecule has 0 radical (unpaired) electrons. The number of methoxy groups -OCH3 is 1. The summed E-state index contributed by atoms with van der Waals surface area (Å²) in [5, 5.41) is 19.2. The number of hydrogen-bond acceptors (Lipinski definition) is 4. The molecule has 26 heavy (non-hydrogen) atoms. The van der Waals surface area contributed by atoms with Crippen LogP contribution >= 0.6 is 11.6 Å². The summed E-state index contributed by atoms with van der Waals surface area (Å²) in [7, 11) is 1.54. The summed E-state index contributed by atoms with van der Waals surface area (Å²) in [5.41, 5.74) is 2.36. The Morgan fingerprint density at radius 1 is 1.27 bits per heavy atom. The van der Waals surface area contributed by atoms with Crippen LogP contribution in [0.25, 0.3) is 11.0 Å². The van der Waals surface area contributed by atoms with Gasteiger partial charge in [-0.2, -0.15) is 5.26 Å². The summed E-state index contributed by atoms with van der Waals surface area (Å²) in [5.74, 6) is 0.561. The lowest BCUT2D eigenvalue weighted by Crippen LogP contribution is -2.28. The van der Waals surface area contributed by atoms with Gasteiger partial charge in [0.2, 0.25) is 0 Å². The maximum Gasteiger partial charge on any atom is 0.329 e. The number of rotatable bonds is 5. The summed E-state index contributed by atoms with van der Waals surface area (Å²) in [4.78, 5) is 13.0. The predicted octanol–water partition coefficient (Wildman–Crippen LogP) is 2.94. The van der Waals surface area contributed by atoms with Crippen LogP contribution in [0.15, 0.2) is 41.2 Å². The Hall–Kier alpha value is -2.75. The van der Waals surface area contributed by atoms with Gasteiger partial charge in [0, 0.05) is 0 Å². The number of imidazole rings is 1. The normalized spacial score (nSPS) is 12.1. The Balaban J connectivity index is 2.18. The second-order valence-corrected chi connectivity index (χ2v) is 6.46. The van der Waals surface area contributed by atoms with Crippen LogP contribution in [0.4, 0.5) is 0 Å². The highest BCUT2D eigenvalue weighted by Gasteiger charge is 2.18. The molecular formula is C19H18ClN3O3. The molecular weight excluding hydrogens is 354 g/mol. The molecule has 0 fully saturated rings. The average molecular weight is 372 g/mol. The third-order valence-electron chi connectivity index (χ3n) is 4.35. The number of aliphatic hydroxyl groups excluding tert-OH is 1. The minimum atomic E-state index is -0.376. The smallest absolute Gasteiger partial charge is 0.329 e. The molecule has 6 nitrogen and oxygen atoms in total.